The highest BCUT2D eigenvalue weighted by atomic mass is 16.5. The van der Waals surface area contributed by atoms with E-state index in [1.807, 2.05) is 0 Å². The first-order chi connectivity index (χ1) is 11.5. The maximum absolute atomic E-state index is 10.9. The average Bonchev–Trinajstić information content (AvgIpc) is 2.77. The fourth-order valence-electron chi connectivity index (χ4n) is 5.80. The van der Waals surface area contributed by atoms with E-state index in [1.54, 1.807) is 18.8 Å². The topological polar surface area (TPSA) is 29.5 Å². The van der Waals surface area contributed by atoms with Crippen LogP contribution in [0, 0.1) is 23.2 Å². The van der Waals surface area contributed by atoms with Crippen molar-refractivity contribution in [2.75, 3.05) is 7.11 Å². The number of methoxy groups -OCH3 is 1. The van der Waals surface area contributed by atoms with Gasteiger partial charge in [-0.05, 0) is 67.9 Å². The third-order valence-electron chi connectivity index (χ3n) is 7.47. The van der Waals surface area contributed by atoms with Crippen LogP contribution in [0.5, 0.6) is 0 Å². The van der Waals surface area contributed by atoms with Crippen LogP contribution in [0.25, 0.3) is 0 Å². The first-order valence-corrected chi connectivity index (χ1v) is 9.52. The maximum atomic E-state index is 10.9. The SMILES string of the molecule is C=C[C@]1(O)CCC2C[C@H]1CC=C1C2CC=C2C=C(OC)CC[C@@]21C. The molecule has 2 unspecified atom stereocenters. The molecular formula is C22H30O2. The number of allylic oxidation sites excluding steroid dienone is 6. The van der Waals surface area contributed by atoms with Gasteiger partial charge >= 0.3 is 0 Å². The second kappa shape index (κ2) is 5.62. The molecule has 1 saturated carbocycles. The number of aliphatic hydroxyl groups is 1. The summed E-state index contributed by atoms with van der Waals surface area (Å²) in [4.78, 5) is 0. The Morgan fingerprint density at radius 3 is 2.88 bits per heavy atom. The van der Waals surface area contributed by atoms with Crippen molar-refractivity contribution in [3.05, 3.63) is 47.8 Å². The largest absolute Gasteiger partial charge is 0.501 e. The molecule has 130 valence electrons. The van der Waals surface area contributed by atoms with Crippen LogP contribution >= 0.6 is 0 Å². The number of fused-ring (bicyclic) bond motifs is 6. The molecule has 1 fully saturated rings. The molecule has 5 atom stereocenters. The number of hydrogen-bond acceptors (Lipinski definition) is 2. The van der Waals surface area contributed by atoms with E-state index in [4.69, 9.17) is 4.74 Å². The van der Waals surface area contributed by atoms with Gasteiger partial charge in [0.05, 0.1) is 18.5 Å². The van der Waals surface area contributed by atoms with E-state index < -0.39 is 5.60 Å². The predicted octanol–water partition coefficient (Wildman–Crippen LogP) is 4.93. The summed E-state index contributed by atoms with van der Waals surface area (Å²) in [7, 11) is 1.78. The highest BCUT2D eigenvalue weighted by Crippen LogP contribution is 2.57. The molecule has 2 heteroatoms. The zero-order chi connectivity index (χ0) is 16.9. The summed E-state index contributed by atoms with van der Waals surface area (Å²) < 4.78 is 5.51. The van der Waals surface area contributed by atoms with Crippen molar-refractivity contribution >= 4 is 0 Å². The van der Waals surface area contributed by atoms with Crippen LogP contribution in [0.2, 0.25) is 0 Å². The summed E-state index contributed by atoms with van der Waals surface area (Å²) in [6.07, 6.45) is 16.5. The first-order valence-electron chi connectivity index (χ1n) is 9.52. The van der Waals surface area contributed by atoms with E-state index in [2.05, 4.69) is 31.7 Å². The molecule has 0 aromatic heterocycles. The van der Waals surface area contributed by atoms with E-state index in [-0.39, 0.29) is 5.41 Å². The predicted molar refractivity (Wildman–Crippen MR) is 97.3 cm³/mol. The van der Waals surface area contributed by atoms with Gasteiger partial charge in [0.15, 0.2) is 0 Å². The van der Waals surface area contributed by atoms with Crippen molar-refractivity contribution < 1.29 is 9.84 Å². The Balaban J connectivity index is 1.72. The molecule has 24 heavy (non-hydrogen) atoms. The molecule has 0 saturated heterocycles. The summed E-state index contributed by atoms with van der Waals surface area (Å²) in [5.41, 5.74) is 2.60. The van der Waals surface area contributed by atoms with Crippen LogP contribution in [0.4, 0.5) is 0 Å². The molecule has 4 aliphatic carbocycles. The van der Waals surface area contributed by atoms with Crippen LogP contribution < -0.4 is 0 Å². The summed E-state index contributed by atoms with van der Waals surface area (Å²) in [6, 6.07) is 0. The highest BCUT2D eigenvalue weighted by molar-refractivity contribution is 5.44. The minimum absolute atomic E-state index is 0.161. The molecule has 2 bridgehead atoms. The monoisotopic (exact) mass is 326 g/mol. The Morgan fingerprint density at radius 1 is 1.29 bits per heavy atom. The van der Waals surface area contributed by atoms with Crippen molar-refractivity contribution in [2.45, 2.75) is 57.5 Å². The fraction of sp³-hybridized carbons (Fsp3) is 0.636. The maximum Gasteiger partial charge on any atom is 0.0958 e. The zero-order valence-electron chi connectivity index (χ0n) is 15.1. The molecule has 0 amide bonds. The molecule has 4 aliphatic rings. The second-order valence-electron chi connectivity index (χ2n) is 8.47. The van der Waals surface area contributed by atoms with E-state index in [0.717, 1.165) is 50.7 Å². The van der Waals surface area contributed by atoms with E-state index in [9.17, 15) is 5.11 Å². The van der Waals surface area contributed by atoms with Crippen molar-refractivity contribution in [2.24, 2.45) is 23.2 Å². The van der Waals surface area contributed by atoms with Gasteiger partial charge in [0.1, 0.15) is 0 Å². The normalized spacial score (nSPS) is 44.1. The molecule has 0 aliphatic heterocycles. The zero-order valence-corrected chi connectivity index (χ0v) is 15.1. The standard InChI is InChI=1S/C22H30O2/c1-4-22(23)12-9-15-13-17(22)6-8-20-19(15)7-5-16-14-18(24-3)10-11-21(16,20)2/h4-5,8,14-15,17,19,23H,1,6-7,9-13H2,2-3H3/t15?,17-,19?,21+,22+/m1/s1. The van der Waals surface area contributed by atoms with Crippen LogP contribution in [0.15, 0.2) is 47.8 Å². The average molecular weight is 326 g/mol. The van der Waals surface area contributed by atoms with Crippen LogP contribution in [-0.4, -0.2) is 17.8 Å². The van der Waals surface area contributed by atoms with Gasteiger partial charge < -0.3 is 9.84 Å². The summed E-state index contributed by atoms with van der Waals surface area (Å²) >= 11 is 0. The van der Waals surface area contributed by atoms with Gasteiger partial charge in [0.25, 0.3) is 0 Å². The summed E-state index contributed by atoms with van der Waals surface area (Å²) in [5.74, 6) is 2.83. The van der Waals surface area contributed by atoms with Gasteiger partial charge in [0.2, 0.25) is 0 Å². The minimum Gasteiger partial charge on any atom is -0.501 e. The van der Waals surface area contributed by atoms with E-state index in [0.29, 0.717) is 17.8 Å². The number of hydrogen-bond donors (Lipinski definition) is 1. The van der Waals surface area contributed by atoms with E-state index >= 15 is 0 Å². The van der Waals surface area contributed by atoms with Gasteiger partial charge in [0, 0.05) is 11.8 Å². The molecular weight excluding hydrogens is 296 g/mol. The Bertz CT molecular complexity index is 640. The molecule has 0 radical (unpaired) electrons. The smallest absolute Gasteiger partial charge is 0.0958 e. The summed E-state index contributed by atoms with van der Waals surface area (Å²) in [6.45, 7) is 6.34. The van der Waals surface area contributed by atoms with E-state index in [1.165, 1.54) is 5.57 Å². The molecule has 0 spiro atoms. The van der Waals surface area contributed by atoms with Crippen molar-refractivity contribution in [1.82, 2.24) is 0 Å². The van der Waals surface area contributed by atoms with Crippen LogP contribution in [-0.2, 0) is 4.74 Å². The highest BCUT2D eigenvalue weighted by Gasteiger charge is 2.49. The number of ether oxygens (including phenoxy) is 1. The third kappa shape index (κ3) is 2.26. The minimum atomic E-state index is -0.659. The van der Waals surface area contributed by atoms with Gasteiger partial charge in [-0.2, -0.15) is 0 Å². The first kappa shape index (κ1) is 16.2. The van der Waals surface area contributed by atoms with Gasteiger partial charge in [-0.1, -0.05) is 30.7 Å². The van der Waals surface area contributed by atoms with Gasteiger partial charge in [-0.25, -0.2) is 0 Å². The summed E-state index contributed by atoms with van der Waals surface area (Å²) in [5, 5.41) is 10.9. The second-order valence-corrected chi connectivity index (χ2v) is 8.47. The Labute approximate surface area is 146 Å². The lowest BCUT2D eigenvalue weighted by atomic mass is 9.58. The Kier molecular flexibility index (Phi) is 3.80. The van der Waals surface area contributed by atoms with Crippen molar-refractivity contribution in [1.29, 1.82) is 0 Å². The third-order valence-corrected chi connectivity index (χ3v) is 7.47. The molecule has 0 aromatic carbocycles. The Morgan fingerprint density at radius 2 is 2.12 bits per heavy atom. The molecule has 0 aromatic rings. The lowest BCUT2D eigenvalue weighted by molar-refractivity contribution is -0.0243. The fourth-order valence-corrected chi connectivity index (χ4v) is 5.80. The number of rotatable bonds is 2. The lowest BCUT2D eigenvalue weighted by Gasteiger charge is -2.47. The molecule has 0 heterocycles. The van der Waals surface area contributed by atoms with Gasteiger partial charge in [-0.15, -0.1) is 6.58 Å². The lowest BCUT2D eigenvalue weighted by Crippen LogP contribution is -2.42. The van der Waals surface area contributed by atoms with Crippen LogP contribution in [0.1, 0.15) is 51.9 Å². The van der Waals surface area contributed by atoms with Crippen LogP contribution in [0.3, 0.4) is 0 Å². The quantitative estimate of drug-likeness (QED) is 0.729. The molecule has 1 N–H and O–H groups in total. The van der Waals surface area contributed by atoms with Gasteiger partial charge in [-0.3, -0.25) is 0 Å². The van der Waals surface area contributed by atoms with Crippen molar-refractivity contribution in [3.63, 3.8) is 0 Å². The molecule has 4 rings (SSSR count). The molecule has 2 nitrogen and oxygen atoms in total. The Hall–Kier alpha value is -1.28. The van der Waals surface area contributed by atoms with Crippen molar-refractivity contribution in [3.8, 4) is 0 Å².